The SMILES string of the molecule is Nc1c(O)c(P)nc(F)c1F. The molecule has 0 amide bonds. The van der Waals surface area contributed by atoms with E-state index in [2.05, 4.69) is 4.98 Å². The van der Waals surface area contributed by atoms with E-state index in [1.807, 2.05) is 9.24 Å². The predicted molar refractivity (Wildman–Crippen MR) is 39.6 cm³/mol. The third kappa shape index (κ3) is 1.24. The summed E-state index contributed by atoms with van der Waals surface area (Å²) >= 11 is 0. The highest BCUT2D eigenvalue weighted by Crippen LogP contribution is 2.22. The van der Waals surface area contributed by atoms with Crippen molar-refractivity contribution in [2.75, 3.05) is 5.73 Å². The molecule has 60 valence electrons. The number of nitrogen functional groups attached to an aromatic ring is 1. The van der Waals surface area contributed by atoms with Crippen LogP contribution in [0.1, 0.15) is 0 Å². The van der Waals surface area contributed by atoms with Crippen LogP contribution in [-0.4, -0.2) is 10.1 Å². The highest BCUT2D eigenvalue weighted by Gasteiger charge is 2.14. The zero-order valence-corrected chi connectivity index (χ0v) is 6.46. The summed E-state index contributed by atoms with van der Waals surface area (Å²) in [6, 6.07) is 0. The standard InChI is InChI=1S/C5H5F2N2OP/c6-1-2(8)3(10)5(11)9-4(1)7/h10H,11H2,(H2,8,9). The van der Waals surface area contributed by atoms with E-state index in [4.69, 9.17) is 10.8 Å². The Kier molecular flexibility index (Phi) is 1.91. The molecule has 1 atom stereocenters. The van der Waals surface area contributed by atoms with Gasteiger partial charge in [-0.2, -0.15) is 8.78 Å². The van der Waals surface area contributed by atoms with Gasteiger partial charge in [-0.1, -0.05) is 9.24 Å². The molecule has 1 aromatic rings. The molecule has 0 aliphatic rings. The van der Waals surface area contributed by atoms with Crippen molar-refractivity contribution in [2.45, 2.75) is 0 Å². The average molecular weight is 178 g/mol. The summed E-state index contributed by atoms with van der Waals surface area (Å²) in [4.78, 5) is 3.02. The van der Waals surface area contributed by atoms with Gasteiger partial charge in [0, 0.05) is 0 Å². The maximum atomic E-state index is 12.4. The van der Waals surface area contributed by atoms with E-state index in [1.165, 1.54) is 0 Å². The van der Waals surface area contributed by atoms with Crippen LogP contribution in [0.15, 0.2) is 0 Å². The molecular formula is C5H5F2N2OP. The van der Waals surface area contributed by atoms with Crippen LogP contribution in [0.4, 0.5) is 14.5 Å². The number of rotatable bonds is 0. The molecule has 11 heavy (non-hydrogen) atoms. The summed E-state index contributed by atoms with van der Waals surface area (Å²) < 4.78 is 24.8. The van der Waals surface area contributed by atoms with Gasteiger partial charge in [-0.3, -0.25) is 0 Å². The molecule has 1 aromatic heterocycles. The van der Waals surface area contributed by atoms with Gasteiger partial charge in [-0.15, -0.1) is 0 Å². The number of hydrogen-bond donors (Lipinski definition) is 2. The maximum Gasteiger partial charge on any atom is 0.251 e. The second kappa shape index (κ2) is 2.58. The highest BCUT2D eigenvalue weighted by atomic mass is 31.0. The quantitative estimate of drug-likeness (QED) is 0.439. The molecule has 0 aliphatic carbocycles. The molecular weight excluding hydrogens is 173 g/mol. The van der Waals surface area contributed by atoms with Gasteiger partial charge in [0.05, 0.1) is 0 Å². The first-order valence-electron chi connectivity index (χ1n) is 2.63. The fourth-order valence-electron chi connectivity index (χ4n) is 0.561. The predicted octanol–water partition coefficient (Wildman–Crippen LogP) is 0.148. The van der Waals surface area contributed by atoms with Crippen molar-refractivity contribution in [3.05, 3.63) is 11.8 Å². The van der Waals surface area contributed by atoms with Gasteiger partial charge < -0.3 is 10.8 Å². The minimum Gasteiger partial charge on any atom is -0.504 e. The van der Waals surface area contributed by atoms with Crippen LogP contribution in [0.5, 0.6) is 5.75 Å². The zero-order chi connectivity index (χ0) is 8.59. The Labute approximate surface area is 63.4 Å². The summed E-state index contributed by atoms with van der Waals surface area (Å²) in [6.45, 7) is 0. The van der Waals surface area contributed by atoms with E-state index in [0.29, 0.717) is 0 Å². The first-order chi connectivity index (χ1) is 5.04. The number of halogens is 2. The second-order valence-electron chi connectivity index (χ2n) is 1.86. The summed E-state index contributed by atoms with van der Waals surface area (Å²) in [5.41, 5.74) is 4.23. The van der Waals surface area contributed by atoms with Crippen LogP contribution in [0.3, 0.4) is 0 Å². The molecule has 1 heterocycles. The Morgan fingerprint density at radius 3 is 2.55 bits per heavy atom. The number of nitrogens with two attached hydrogens (primary N) is 1. The fraction of sp³-hybridized carbons (Fsp3) is 0. The van der Waals surface area contributed by atoms with Crippen LogP contribution < -0.4 is 11.2 Å². The van der Waals surface area contributed by atoms with Gasteiger partial charge in [-0.05, 0) is 0 Å². The number of pyridine rings is 1. The third-order valence-corrected chi connectivity index (χ3v) is 1.54. The molecule has 1 rings (SSSR count). The molecule has 1 unspecified atom stereocenters. The molecule has 0 saturated heterocycles. The number of hydrogen-bond acceptors (Lipinski definition) is 3. The van der Waals surface area contributed by atoms with Gasteiger partial charge in [0.1, 0.15) is 11.1 Å². The molecule has 0 bridgehead atoms. The average Bonchev–Trinajstić information content (AvgIpc) is 1.97. The van der Waals surface area contributed by atoms with E-state index in [1.54, 1.807) is 0 Å². The van der Waals surface area contributed by atoms with E-state index >= 15 is 0 Å². The second-order valence-corrected chi connectivity index (χ2v) is 2.41. The van der Waals surface area contributed by atoms with Gasteiger partial charge in [0.15, 0.2) is 5.75 Å². The molecule has 3 N–H and O–H groups in total. The van der Waals surface area contributed by atoms with Crippen molar-refractivity contribution >= 4 is 20.4 Å². The van der Waals surface area contributed by atoms with Crippen molar-refractivity contribution in [1.82, 2.24) is 4.98 Å². The monoisotopic (exact) mass is 178 g/mol. The van der Waals surface area contributed by atoms with Gasteiger partial charge >= 0.3 is 0 Å². The maximum absolute atomic E-state index is 12.4. The van der Waals surface area contributed by atoms with Crippen molar-refractivity contribution < 1.29 is 13.9 Å². The van der Waals surface area contributed by atoms with Crippen LogP contribution in [0, 0.1) is 11.8 Å². The Morgan fingerprint density at radius 2 is 2.00 bits per heavy atom. The Morgan fingerprint density at radius 1 is 1.45 bits per heavy atom. The largest absolute Gasteiger partial charge is 0.504 e. The third-order valence-electron chi connectivity index (χ3n) is 1.13. The van der Waals surface area contributed by atoms with E-state index in [9.17, 15) is 8.78 Å². The number of nitrogens with zero attached hydrogens (tertiary/aromatic N) is 1. The molecule has 0 saturated carbocycles. The Balaban J connectivity index is 3.46. The molecule has 0 spiro atoms. The van der Waals surface area contributed by atoms with E-state index in [0.717, 1.165) is 0 Å². The van der Waals surface area contributed by atoms with E-state index in [-0.39, 0.29) is 5.44 Å². The molecule has 0 fully saturated rings. The number of anilines is 1. The summed E-state index contributed by atoms with van der Waals surface area (Å²) in [5.74, 6) is -3.19. The zero-order valence-electron chi connectivity index (χ0n) is 5.31. The smallest absolute Gasteiger partial charge is 0.251 e. The number of aromatic nitrogens is 1. The molecule has 0 radical (unpaired) electrons. The highest BCUT2D eigenvalue weighted by molar-refractivity contribution is 7.27. The van der Waals surface area contributed by atoms with Crippen LogP contribution >= 0.6 is 9.24 Å². The van der Waals surface area contributed by atoms with Gasteiger partial charge in [-0.25, -0.2) is 4.98 Å². The lowest BCUT2D eigenvalue weighted by Crippen LogP contribution is -2.08. The minimum absolute atomic E-state index is 0.110. The summed E-state index contributed by atoms with van der Waals surface area (Å²) in [5, 5.41) is 8.90. The van der Waals surface area contributed by atoms with E-state index < -0.39 is 23.2 Å². The van der Waals surface area contributed by atoms with Gasteiger partial charge in [0.25, 0.3) is 5.95 Å². The van der Waals surface area contributed by atoms with Crippen molar-refractivity contribution in [3.63, 3.8) is 0 Å². The lowest BCUT2D eigenvalue weighted by molar-refractivity contribution is 0.449. The molecule has 0 aromatic carbocycles. The van der Waals surface area contributed by atoms with Crippen molar-refractivity contribution in [3.8, 4) is 5.75 Å². The molecule has 0 aliphatic heterocycles. The molecule has 6 heteroatoms. The van der Waals surface area contributed by atoms with Crippen LogP contribution in [-0.2, 0) is 0 Å². The minimum atomic E-state index is -1.33. The van der Waals surface area contributed by atoms with Crippen LogP contribution in [0.2, 0.25) is 0 Å². The fourth-order valence-corrected chi connectivity index (χ4v) is 0.830. The van der Waals surface area contributed by atoms with Crippen molar-refractivity contribution in [1.29, 1.82) is 0 Å². The van der Waals surface area contributed by atoms with Crippen molar-refractivity contribution in [2.24, 2.45) is 0 Å². The summed E-state index contributed by atoms with van der Waals surface area (Å²) in [6.07, 6.45) is 0. The van der Waals surface area contributed by atoms with Gasteiger partial charge in [0.2, 0.25) is 5.82 Å². The number of aromatic hydroxyl groups is 1. The molecule has 3 nitrogen and oxygen atoms in total. The Hall–Kier alpha value is -0.960. The lowest BCUT2D eigenvalue weighted by Gasteiger charge is -2.02. The van der Waals surface area contributed by atoms with Crippen LogP contribution in [0.25, 0.3) is 0 Å². The topological polar surface area (TPSA) is 59.1 Å². The first kappa shape index (κ1) is 8.14. The lowest BCUT2D eigenvalue weighted by atomic mass is 10.4. The Bertz CT molecular complexity index is 279. The summed E-state index contributed by atoms with van der Waals surface area (Å²) in [7, 11) is 1.93. The normalized spacial score (nSPS) is 10.1. The first-order valence-corrected chi connectivity index (χ1v) is 3.20.